The molecule has 2 unspecified atom stereocenters. The second kappa shape index (κ2) is 4.06. The van der Waals surface area contributed by atoms with Gasteiger partial charge in [-0.15, -0.1) is 5.10 Å². The van der Waals surface area contributed by atoms with Crippen molar-refractivity contribution in [2.75, 3.05) is 6.54 Å². The first-order valence-corrected chi connectivity index (χ1v) is 5.02. The van der Waals surface area contributed by atoms with E-state index in [2.05, 4.69) is 15.6 Å². The number of hydrogen-bond donors (Lipinski definition) is 2. The molecule has 1 fully saturated rings. The van der Waals surface area contributed by atoms with E-state index in [4.69, 9.17) is 0 Å². The molecule has 2 N–H and O–H groups in total. The molecule has 1 aliphatic rings. The second-order valence-electron chi connectivity index (χ2n) is 3.86. The van der Waals surface area contributed by atoms with Crippen molar-refractivity contribution in [3.63, 3.8) is 0 Å². The monoisotopic (exact) mass is 196 g/mol. The lowest BCUT2D eigenvalue weighted by Gasteiger charge is -2.16. The predicted octanol–water partition coefficient (Wildman–Crippen LogP) is -0.530. The second-order valence-corrected chi connectivity index (χ2v) is 3.86. The summed E-state index contributed by atoms with van der Waals surface area (Å²) in [7, 11) is 1.83. The van der Waals surface area contributed by atoms with E-state index in [-0.39, 0.29) is 12.1 Å². The molecule has 0 aromatic carbocycles. The molecule has 0 saturated carbocycles. The van der Waals surface area contributed by atoms with E-state index in [1.165, 1.54) is 0 Å². The van der Waals surface area contributed by atoms with Gasteiger partial charge in [0.2, 0.25) is 0 Å². The molecule has 0 radical (unpaired) electrons. The molecular formula is C9H16N4O. The molecule has 1 saturated heterocycles. The Bertz CT molecular complexity index is 293. The number of nitrogens with one attached hydrogen (secondary N) is 1. The van der Waals surface area contributed by atoms with E-state index in [0.29, 0.717) is 6.42 Å². The number of aliphatic hydroxyl groups is 1. The molecule has 5 nitrogen and oxygen atoms in total. The van der Waals surface area contributed by atoms with Crippen LogP contribution in [-0.2, 0) is 13.5 Å². The number of nitrogens with zero attached hydrogens (tertiary/aromatic N) is 3. The highest BCUT2D eigenvalue weighted by Gasteiger charge is 2.23. The quantitative estimate of drug-likeness (QED) is 0.682. The van der Waals surface area contributed by atoms with Crippen LogP contribution in [0.1, 0.15) is 18.5 Å². The standard InChI is InChI=1S/C9H16N4O/c1-13-6-7(11-12-13)5-9(14)8-3-2-4-10-8/h6,8-10,14H,2-5H2,1H3. The summed E-state index contributed by atoms with van der Waals surface area (Å²) < 4.78 is 1.66. The Balaban J connectivity index is 1.90. The van der Waals surface area contributed by atoms with Crippen molar-refractivity contribution >= 4 is 0 Å². The minimum Gasteiger partial charge on any atom is -0.391 e. The Morgan fingerprint density at radius 3 is 3.21 bits per heavy atom. The van der Waals surface area contributed by atoms with Gasteiger partial charge in [-0.25, -0.2) is 0 Å². The minimum atomic E-state index is -0.339. The SMILES string of the molecule is Cn1cc(CC(O)C2CCCN2)nn1. The Labute approximate surface area is 83.1 Å². The lowest BCUT2D eigenvalue weighted by Crippen LogP contribution is -2.36. The fourth-order valence-corrected chi connectivity index (χ4v) is 1.89. The van der Waals surface area contributed by atoms with E-state index in [1.54, 1.807) is 4.68 Å². The molecule has 2 atom stereocenters. The zero-order valence-corrected chi connectivity index (χ0v) is 8.35. The highest BCUT2D eigenvalue weighted by atomic mass is 16.3. The molecule has 1 aliphatic heterocycles. The van der Waals surface area contributed by atoms with Gasteiger partial charge in [-0.3, -0.25) is 4.68 Å². The summed E-state index contributed by atoms with van der Waals surface area (Å²) in [6, 6.07) is 0.233. The molecule has 0 bridgehead atoms. The van der Waals surface area contributed by atoms with Gasteiger partial charge in [0, 0.05) is 25.7 Å². The molecule has 14 heavy (non-hydrogen) atoms. The van der Waals surface area contributed by atoms with Gasteiger partial charge in [0.15, 0.2) is 0 Å². The number of aliphatic hydroxyl groups excluding tert-OH is 1. The van der Waals surface area contributed by atoms with Gasteiger partial charge in [-0.05, 0) is 19.4 Å². The highest BCUT2D eigenvalue weighted by molar-refractivity contribution is 4.97. The summed E-state index contributed by atoms with van der Waals surface area (Å²) in [6.45, 7) is 1.02. The fourth-order valence-electron chi connectivity index (χ4n) is 1.89. The maximum atomic E-state index is 9.87. The van der Waals surface area contributed by atoms with Crippen LogP contribution in [-0.4, -0.2) is 38.8 Å². The van der Waals surface area contributed by atoms with Crippen LogP contribution in [0.25, 0.3) is 0 Å². The van der Waals surface area contributed by atoms with Gasteiger partial charge in [0.1, 0.15) is 0 Å². The molecule has 1 aromatic heterocycles. The average Bonchev–Trinajstić information content (AvgIpc) is 2.75. The van der Waals surface area contributed by atoms with E-state index < -0.39 is 0 Å². The van der Waals surface area contributed by atoms with Crippen molar-refractivity contribution in [3.8, 4) is 0 Å². The molecule has 2 heterocycles. The maximum Gasteiger partial charge on any atom is 0.0853 e. The van der Waals surface area contributed by atoms with Crippen LogP contribution < -0.4 is 5.32 Å². The maximum absolute atomic E-state index is 9.87. The normalized spacial score (nSPS) is 24.0. The van der Waals surface area contributed by atoms with Crippen molar-refractivity contribution in [2.24, 2.45) is 7.05 Å². The summed E-state index contributed by atoms with van der Waals surface area (Å²) in [5.41, 5.74) is 0.855. The predicted molar refractivity (Wildman–Crippen MR) is 51.7 cm³/mol. The molecular weight excluding hydrogens is 180 g/mol. The zero-order valence-electron chi connectivity index (χ0n) is 8.35. The van der Waals surface area contributed by atoms with Crippen LogP contribution in [0.15, 0.2) is 6.20 Å². The molecule has 1 aromatic rings. The lowest BCUT2D eigenvalue weighted by atomic mass is 10.1. The molecule has 0 spiro atoms. The Hall–Kier alpha value is -0.940. The van der Waals surface area contributed by atoms with Crippen molar-refractivity contribution in [1.82, 2.24) is 20.3 Å². The lowest BCUT2D eigenvalue weighted by molar-refractivity contribution is 0.135. The summed E-state index contributed by atoms with van der Waals surface area (Å²) in [5.74, 6) is 0. The number of hydrogen-bond acceptors (Lipinski definition) is 4. The highest BCUT2D eigenvalue weighted by Crippen LogP contribution is 2.12. The smallest absolute Gasteiger partial charge is 0.0853 e. The van der Waals surface area contributed by atoms with Gasteiger partial charge in [-0.1, -0.05) is 5.21 Å². The van der Waals surface area contributed by atoms with E-state index >= 15 is 0 Å². The van der Waals surface area contributed by atoms with Crippen molar-refractivity contribution in [2.45, 2.75) is 31.4 Å². The average molecular weight is 196 g/mol. The van der Waals surface area contributed by atoms with Crippen LogP contribution in [0.5, 0.6) is 0 Å². The molecule has 0 amide bonds. The first-order chi connectivity index (χ1) is 6.75. The third-order valence-electron chi connectivity index (χ3n) is 2.63. The first-order valence-electron chi connectivity index (χ1n) is 5.02. The van der Waals surface area contributed by atoms with Gasteiger partial charge in [0.05, 0.1) is 11.8 Å². The third kappa shape index (κ3) is 2.10. The number of aryl methyl sites for hydroxylation is 1. The van der Waals surface area contributed by atoms with Gasteiger partial charge >= 0.3 is 0 Å². The van der Waals surface area contributed by atoms with E-state index in [1.807, 2.05) is 13.2 Å². The van der Waals surface area contributed by atoms with Crippen LogP contribution in [0.3, 0.4) is 0 Å². The van der Waals surface area contributed by atoms with Crippen LogP contribution >= 0.6 is 0 Å². The van der Waals surface area contributed by atoms with Crippen molar-refractivity contribution in [3.05, 3.63) is 11.9 Å². The topological polar surface area (TPSA) is 63.0 Å². The van der Waals surface area contributed by atoms with Crippen LogP contribution in [0.2, 0.25) is 0 Å². The van der Waals surface area contributed by atoms with Gasteiger partial charge in [-0.2, -0.15) is 0 Å². The molecule has 2 rings (SSSR count). The zero-order chi connectivity index (χ0) is 9.97. The Kier molecular flexibility index (Phi) is 2.79. The first kappa shape index (κ1) is 9.61. The fraction of sp³-hybridized carbons (Fsp3) is 0.778. The minimum absolute atomic E-state index is 0.233. The Morgan fingerprint density at radius 1 is 1.79 bits per heavy atom. The van der Waals surface area contributed by atoms with Crippen molar-refractivity contribution in [1.29, 1.82) is 0 Å². The molecule has 78 valence electrons. The summed E-state index contributed by atoms with van der Waals surface area (Å²) in [5, 5.41) is 20.9. The molecule has 0 aliphatic carbocycles. The number of aromatic nitrogens is 3. The molecule has 5 heteroatoms. The van der Waals surface area contributed by atoms with Crippen molar-refractivity contribution < 1.29 is 5.11 Å². The van der Waals surface area contributed by atoms with E-state index in [0.717, 1.165) is 25.1 Å². The van der Waals surface area contributed by atoms with E-state index in [9.17, 15) is 5.11 Å². The largest absolute Gasteiger partial charge is 0.391 e. The third-order valence-corrected chi connectivity index (χ3v) is 2.63. The summed E-state index contributed by atoms with van der Waals surface area (Å²) in [6.07, 6.45) is 4.31. The van der Waals surface area contributed by atoms with Gasteiger partial charge in [0.25, 0.3) is 0 Å². The van der Waals surface area contributed by atoms with Crippen LogP contribution in [0.4, 0.5) is 0 Å². The van der Waals surface area contributed by atoms with Gasteiger partial charge < -0.3 is 10.4 Å². The number of rotatable bonds is 3. The summed E-state index contributed by atoms with van der Waals surface area (Å²) in [4.78, 5) is 0. The Morgan fingerprint density at radius 2 is 2.64 bits per heavy atom. The summed E-state index contributed by atoms with van der Waals surface area (Å²) >= 11 is 0. The van der Waals surface area contributed by atoms with Crippen LogP contribution in [0, 0.1) is 0 Å².